The van der Waals surface area contributed by atoms with Crippen molar-refractivity contribution in [1.29, 1.82) is 0 Å². The molecule has 1 aliphatic carbocycles. The van der Waals surface area contributed by atoms with Crippen molar-refractivity contribution in [2.75, 3.05) is 7.11 Å². The summed E-state index contributed by atoms with van der Waals surface area (Å²) < 4.78 is 13.3. The average Bonchev–Trinajstić information content (AvgIpc) is 3.32. The molecule has 1 saturated carbocycles. The second kappa shape index (κ2) is 9.55. The van der Waals surface area contributed by atoms with E-state index in [1.165, 1.54) is 17.1 Å². The normalized spacial score (nSPS) is 14.3. The SMILES string of the molecule is COc1c(C2CCCCC2)c(-c2ccc(OCc3ccccc3)cc2)nc2c(C(=O)O)cnn12. The number of carboxylic acid groups (broad SMARTS) is 1. The second-order valence-electron chi connectivity index (χ2n) is 8.62. The predicted molar refractivity (Wildman–Crippen MR) is 129 cm³/mol. The van der Waals surface area contributed by atoms with Crippen LogP contribution in [0.2, 0.25) is 0 Å². The van der Waals surface area contributed by atoms with Crippen LogP contribution in [0.3, 0.4) is 0 Å². The third kappa shape index (κ3) is 4.21. The van der Waals surface area contributed by atoms with Crippen LogP contribution in [0.4, 0.5) is 0 Å². The summed E-state index contributed by atoms with van der Waals surface area (Å²) in [5.41, 5.74) is 4.07. The molecule has 5 rings (SSSR count). The van der Waals surface area contributed by atoms with Crippen molar-refractivity contribution in [1.82, 2.24) is 14.6 Å². The van der Waals surface area contributed by atoms with E-state index in [2.05, 4.69) is 5.10 Å². The molecule has 1 aliphatic rings. The number of methoxy groups -OCH3 is 1. The molecule has 0 spiro atoms. The lowest BCUT2D eigenvalue weighted by molar-refractivity contribution is 0.0698. The van der Waals surface area contributed by atoms with E-state index < -0.39 is 5.97 Å². The Morgan fingerprint density at radius 1 is 1.06 bits per heavy atom. The Labute approximate surface area is 198 Å². The van der Waals surface area contributed by atoms with Gasteiger partial charge in [-0.25, -0.2) is 9.78 Å². The highest BCUT2D eigenvalue weighted by Crippen LogP contribution is 2.43. The van der Waals surface area contributed by atoms with Crippen LogP contribution in [0.15, 0.2) is 60.8 Å². The van der Waals surface area contributed by atoms with Crippen LogP contribution >= 0.6 is 0 Å². The fourth-order valence-corrected chi connectivity index (χ4v) is 4.76. The minimum Gasteiger partial charge on any atom is -0.489 e. The van der Waals surface area contributed by atoms with Gasteiger partial charge in [-0.3, -0.25) is 0 Å². The van der Waals surface area contributed by atoms with Crippen LogP contribution in [0.1, 0.15) is 59.5 Å². The number of fused-ring (bicyclic) bond motifs is 1. The molecule has 1 fully saturated rings. The molecule has 7 heteroatoms. The fraction of sp³-hybridized carbons (Fsp3) is 0.296. The number of benzene rings is 2. The first-order valence-corrected chi connectivity index (χ1v) is 11.6. The van der Waals surface area contributed by atoms with Gasteiger partial charge in [-0.05, 0) is 48.6 Å². The Morgan fingerprint density at radius 2 is 1.79 bits per heavy atom. The minimum absolute atomic E-state index is 0.0533. The quantitative estimate of drug-likeness (QED) is 0.381. The zero-order valence-corrected chi connectivity index (χ0v) is 19.1. The van der Waals surface area contributed by atoms with Gasteiger partial charge in [-0.2, -0.15) is 9.61 Å². The van der Waals surface area contributed by atoms with E-state index in [0.29, 0.717) is 12.5 Å². The molecule has 0 amide bonds. The Morgan fingerprint density at radius 3 is 2.47 bits per heavy atom. The van der Waals surface area contributed by atoms with Gasteiger partial charge in [-0.1, -0.05) is 49.6 Å². The van der Waals surface area contributed by atoms with Gasteiger partial charge in [0.2, 0.25) is 5.88 Å². The highest BCUT2D eigenvalue weighted by Gasteiger charge is 2.28. The van der Waals surface area contributed by atoms with Gasteiger partial charge in [-0.15, -0.1) is 0 Å². The summed E-state index contributed by atoms with van der Waals surface area (Å²) in [5, 5.41) is 14.0. The van der Waals surface area contributed by atoms with Crippen molar-refractivity contribution < 1.29 is 19.4 Å². The maximum absolute atomic E-state index is 11.8. The van der Waals surface area contributed by atoms with Crippen molar-refractivity contribution in [2.24, 2.45) is 0 Å². The van der Waals surface area contributed by atoms with E-state index in [1.807, 2.05) is 54.6 Å². The van der Waals surface area contributed by atoms with Crippen molar-refractivity contribution in [3.8, 4) is 22.9 Å². The van der Waals surface area contributed by atoms with E-state index in [1.54, 1.807) is 7.11 Å². The summed E-state index contributed by atoms with van der Waals surface area (Å²) in [4.78, 5) is 16.6. The standard InChI is InChI=1S/C27H27N3O4/c1-33-26-23(19-10-6-3-7-11-19)24(29-25-22(27(31)32)16-28-30(25)26)20-12-14-21(15-13-20)34-17-18-8-4-2-5-9-18/h2,4-5,8-9,12-16,19H,3,6-7,10-11,17H2,1H3,(H,31,32). The van der Waals surface area contributed by atoms with E-state index in [4.69, 9.17) is 14.5 Å². The molecule has 0 atom stereocenters. The molecular formula is C27H27N3O4. The predicted octanol–water partition coefficient (Wildman–Crippen LogP) is 5.73. The van der Waals surface area contributed by atoms with Crippen molar-refractivity contribution >= 4 is 11.6 Å². The Bertz CT molecular complexity index is 1290. The van der Waals surface area contributed by atoms with Crippen LogP contribution in [-0.4, -0.2) is 32.8 Å². The number of rotatable bonds is 7. The van der Waals surface area contributed by atoms with Gasteiger partial charge >= 0.3 is 5.97 Å². The van der Waals surface area contributed by atoms with Gasteiger partial charge in [0.15, 0.2) is 5.65 Å². The summed E-state index contributed by atoms with van der Waals surface area (Å²) in [6, 6.07) is 17.8. The monoisotopic (exact) mass is 457 g/mol. The lowest BCUT2D eigenvalue weighted by atomic mass is 9.82. The fourth-order valence-electron chi connectivity index (χ4n) is 4.76. The molecule has 2 heterocycles. The van der Waals surface area contributed by atoms with E-state index in [0.717, 1.165) is 53.8 Å². The van der Waals surface area contributed by atoms with Crippen LogP contribution in [0, 0.1) is 0 Å². The molecule has 2 aromatic heterocycles. The smallest absolute Gasteiger partial charge is 0.341 e. The molecule has 0 radical (unpaired) electrons. The molecule has 7 nitrogen and oxygen atoms in total. The van der Waals surface area contributed by atoms with E-state index >= 15 is 0 Å². The van der Waals surface area contributed by atoms with Crippen LogP contribution < -0.4 is 9.47 Å². The first kappa shape index (κ1) is 21.9. The van der Waals surface area contributed by atoms with Gasteiger partial charge < -0.3 is 14.6 Å². The Balaban J connectivity index is 1.56. The summed E-state index contributed by atoms with van der Waals surface area (Å²) >= 11 is 0. The maximum atomic E-state index is 11.8. The molecule has 0 unspecified atom stereocenters. The number of aromatic carboxylic acids is 1. The lowest BCUT2D eigenvalue weighted by Gasteiger charge is -2.26. The van der Waals surface area contributed by atoms with Crippen molar-refractivity contribution in [3.05, 3.63) is 77.5 Å². The summed E-state index contributed by atoms with van der Waals surface area (Å²) in [6.07, 6.45) is 6.95. The first-order chi connectivity index (χ1) is 16.7. The number of carbonyl (C=O) groups is 1. The van der Waals surface area contributed by atoms with Crippen LogP contribution in [0.5, 0.6) is 11.6 Å². The Kier molecular flexibility index (Phi) is 6.16. The number of carboxylic acids is 1. The van der Waals surface area contributed by atoms with E-state index in [-0.39, 0.29) is 17.1 Å². The van der Waals surface area contributed by atoms with Gasteiger partial charge in [0.05, 0.1) is 19.0 Å². The van der Waals surface area contributed by atoms with Crippen molar-refractivity contribution in [3.63, 3.8) is 0 Å². The molecule has 34 heavy (non-hydrogen) atoms. The highest BCUT2D eigenvalue weighted by molar-refractivity contribution is 5.94. The van der Waals surface area contributed by atoms with Crippen LogP contribution in [-0.2, 0) is 6.61 Å². The second-order valence-corrected chi connectivity index (χ2v) is 8.62. The molecule has 0 saturated heterocycles. The topological polar surface area (TPSA) is 86.0 Å². The molecular weight excluding hydrogens is 430 g/mol. The summed E-state index contributed by atoms with van der Waals surface area (Å²) in [7, 11) is 1.60. The molecule has 4 aromatic rings. The molecule has 0 bridgehead atoms. The number of hydrogen-bond acceptors (Lipinski definition) is 5. The minimum atomic E-state index is -1.06. The summed E-state index contributed by atoms with van der Waals surface area (Å²) in [5.74, 6) is 0.534. The third-order valence-electron chi connectivity index (χ3n) is 6.45. The first-order valence-electron chi connectivity index (χ1n) is 11.6. The number of nitrogens with zero attached hydrogens (tertiary/aromatic N) is 3. The third-order valence-corrected chi connectivity index (χ3v) is 6.45. The largest absolute Gasteiger partial charge is 0.489 e. The number of hydrogen-bond donors (Lipinski definition) is 1. The van der Waals surface area contributed by atoms with Crippen LogP contribution in [0.25, 0.3) is 16.9 Å². The maximum Gasteiger partial charge on any atom is 0.341 e. The summed E-state index contributed by atoms with van der Waals surface area (Å²) in [6.45, 7) is 0.489. The number of aromatic nitrogens is 3. The Hall–Kier alpha value is -3.87. The zero-order chi connectivity index (χ0) is 23.5. The molecule has 1 N–H and O–H groups in total. The highest BCUT2D eigenvalue weighted by atomic mass is 16.5. The van der Waals surface area contributed by atoms with Gasteiger partial charge in [0.1, 0.15) is 17.9 Å². The van der Waals surface area contributed by atoms with Gasteiger partial charge in [0.25, 0.3) is 0 Å². The molecule has 2 aromatic carbocycles. The average molecular weight is 458 g/mol. The molecule has 0 aliphatic heterocycles. The van der Waals surface area contributed by atoms with Gasteiger partial charge in [0, 0.05) is 11.1 Å². The number of ether oxygens (including phenoxy) is 2. The van der Waals surface area contributed by atoms with E-state index in [9.17, 15) is 9.90 Å². The lowest BCUT2D eigenvalue weighted by Crippen LogP contribution is -2.13. The van der Waals surface area contributed by atoms with Crippen molar-refractivity contribution in [2.45, 2.75) is 44.6 Å². The molecule has 174 valence electrons. The zero-order valence-electron chi connectivity index (χ0n) is 19.1.